The van der Waals surface area contributed by atoms with Crippen LogP contribution in [-0.2, 0) is 0 Å². The molecule has 0 amide bonds. The minimum Gasteiger partial charge on any atom is -0.346 e. The van der Waals surface area contributed by atoms with E-state index in [-0.39, 0.29) is 5.56 Å². The fourth-order valence-electron chi connectivity index (χ4n) is 3.60. The van der Waals surface area contributed by atoms with E-state index in [0.29, 0.717) is 17.1 Å². The summed E-state index contributed by atoms with van der Waals surface area (Å²) < 4.78 is 5.15. The summed E-state index contributed by atoms with van der Waals surface area (Å²) in [6, 6.07) is 12.0. The maximum atomic E-state index is 12.8. The van der Waals surface area contributed by atoms with Crippen LogP contribution in [0.3, 0.4) is 0 Å². The number of fused-ring (bicyclic) bond motifs is 1. The standard InChI is InChI=1S/C21H22N6O/c1-14(2)26-15(3)10-17(16(26)4)11-23-25-13-22-20-19(21(25)28)12-24-27(20)18-8-6-5-7-9-18/h5-14H,1-4H3/b23-11-. The maximum absolute atomic E-state index is 12.8. The second-order valence-electron chi connectivity index (χ2n) is 7.06. The van der Waals surface area contributed by atoms with Crippen LogP contribution in [0.25, 0.3) is 16.7 Å². The topological polar surface area (TPSA) is 70.0 Å². The number of benzene rings is 1. The molecule has 0 spiro atoms. The molecule has 0 aliphatic rings. The van der Waals surface area contributed by atoms with Crippen LogP contribution in [0.15, 0.2) is 58.8 Å². The van der Waals surface area contributed by atoms with Gasteiger partial charge in [0.15, 0.2) is 5.65 Å². The number of rotatable bonds is 4. The van der Waals surface area contributed by atoms with Crippen molar-refractivity contribution in [1.82, 2.24) is 24.0 Å². The third-order valence-electron chi connectivity index (χ3n) is 4.83. The van der Waals surface area contributed by atoms with Gasteiger partial charge in [-0.2, -0.15) is 14.9 Å². The summed E-state index contributed by atoms with van der Waals surface area (Å²) in [6.45, 7) is 8.42. The van der Waals surface area contributed by atoms with Gasteiger partial charge >= 0.3 is 0 Å². The minimum absolute atomic E-state index is 0.249. The molecule has 0 radical (unpaired) electrons. The predicted molar refractivity (Wildman–Crippen MR) is 110 cm³/mol. The van der Waals surface area contributed by atoms with Crippen molar-refractivity contribution in [2.45, 2.75) is 33.7 Å². The molecular formula is C21H22N6O. The SMILES string of the molecule is Cc1cc(/C=N\n2cnc3c(cnn3-c3ccccc3)c2=O)c(C)n1C(C)C. The van der Waals surface area contributed by atoms with Crippen molar-refractivity contribution in [1.29, 1.82) is 0 Å². The first-order chi connectivity index (χ1) is 13.5. The number of para-hydroxylation sites is 1. The number of hydrogen-bond acceptors (Lipinski definition) is 4. The normalized spacial score (nSPS) is 11.9. The molecule has 0 saturated carbocycles. The zero-order valence-electron chi connectivity index (χ0n) is 16.4. The first-order valence-corrected chi connectivity index (χ1v) is 9.21. The first-order valence-electron chi connectivity index (χ1n) is 9.21. The van der Waals surface area contributed by atoms with Crippen LogP contribution in [0.2, 0.25) is 0 Å². The smallest absolute Gasteiger partial charge is 0.285 e. The molecule has 4 aromatic rings. The van der Waals surface area contributed by atoms with Gasteiger partial charge in [-0.1, -0.05) is 18.2 Å². The molecule has 4 rings (SSSR count). The van der Waals surface area contributed by atoms with Gasteiger partial charge in [-0.05, 0) is 45.9 Å². The molecule has 1 aromatic carbocycles. The van der Waals surface area contributed by atoms with Gasteiger partial charge in [0.25, 0.3) is 5.56 Å². The average molecular weight is 374 g/mol. The monoisotopic (exact) mass is 374 g/mol. The van der Waals surface area contributed by atoms with Crippen molar-refractivity contribution in [2.75, 3.05) is 0 Å². The molecule has 0 atom stereocenters. The second kappa shape index (κ2) is 6.92. The van der Waals surface area contributed by atoms with E-state index in [1.54, 1.807) is 10.9 Å². The maximum Gasteiger partial charge on any atom is 0.285 e. The molecule has 3 heterocycles. The Bertz CT molecular complexity index is 1230. The third-order valence-corrected chi connectivity index (χ3v) is 4.83. The lowest BCUT2D eigenvalue weighted by Crippen LogP contribution is -2.17. The highest BCUT2D eigenvalue weighted by atomic mass is 16.1. The molecular weight excluding hydrogens is 352 g/mol. The Labute approximate surface area is 162 Å². The summed E-state index contributed by atoms with van der Waals surface area (Å²) in [4.78, 5) is 17.2. The van der Waals surface area contributed by atoms with Crippen molar-refractivity contribution in [2.24, 2.45) is 5.10 Å². The molecule has 0 aliphatic heterocycles. The molecule has 7 heteroatoms. The quantitative estimate of drug-likeness (QED) is 0.514. The van der Waals surface area contributed by atoms with Crippen LogP contribution in [0.4, 0.5) is 0 Å². The average Bonchev–Trinajstić information content (AvgIpc) is 3.23. The van der Waals surface area contributed by atoms with Crippen molar-refractivity contribution < 1.29 is 0 Å². The van der Waals surface area contributed by atoms with E-state index in [1.807, 2.05) is 30.3 Å². The lowest BCUT2D eigenvalue weighted by molar-refractivity contribution is 0.574. The summed E-state index contributed by atoms with van der Waals surface area (Å²) in [5.74, 6) is 0. The number of hydrogen-bond donors (Lipinski definition) is 0. The van der Waals surface area contributed by atoms with E-state index in [4.69, 9.17) is 0 Å². The Morgan fingerprint density at radius 2 is 1.89 bits per heavy atom. The Hall–Kier alpha value is -3.48. The van der Waals surface area contributed by atoms with E-state index in [2.05, 4.69) is 53.5 Å². The van der Waals surface area contributed by atoms with Gasteiger partial charge in [0.2, 0.25) is 0 Å². The molecule has 0 bridgehead atoms. The molecule has 142 valence electrons. The highest BCUT2D eigenvalue weighted by molar-refractivity contribution is 5.82. The highest BCUT2D eigenvalue weighted by Gasteiger charge is 2.12. The molecule has 3 aromatic heterocycles. The third kappa shape index (κ3) is 2.94. The zero-order valence-corrected chi connectivity index (χ0v) is 16.4. The molecule has 0 saturated heterocycles. The lowest BCUT2D eigenvalue weighted by atomic mass is 10.2. The predicted octanol–water partition coefficient (Wildman–Crippen LogP) is 3.46. The van der Waals surface area contributed by atoms with E-state index in [1.165, 1.54) is 22.9 Å². The van der Waals surface area contributed by atoms with Crippen LogP contribution in [0.1, 0.15) is 36.8 Å². The van der Waals surface area contributed by atoms with Gasteiger partial charge in [-0.15, -0.1) is 0 Å². The van der Waals surface area contributed by atoms with Crippen LogP contribution < -0.4 is 5.56 Å². The Balaban J connectivity index is 1.73. The Kier molecular flexibility index (Phi) is 4.43. The van der Waals surface area contributed by atoms with Gasteiger partial charge in [0.05, 0.1) is 18.1 Å². The largest absolute Gasteiger partial charge is 0.346 e. The number of aryl methyl sites for hydroxylation is 1. The molecule has 28 heavy (non-hydrogen) atoms. The summed E-state index contributed by atoms with van der Waals surface area (Å²) in [5, 5.41) is 9.10. The Morgan fingerprint density at radius 3 is 2.57 bits per heavy atom. The number of nitrogens with zero attached hydrogens (tertiary/aromatic N) is 6. The van der Waals surface area contributed by atoms with Crippen molar-refractivity contribution in [3.63, 3.8) is 0 Å². The molecule has 7 nitrogen and oxygen atoms in total. The summed E-state index contributed by atoms with van der Waals surface area (Å²) >= 11 is 0. The zero-order chi connectivity index (χ0) is 19.8. The fraction of sp³-hybridized carbons (Fsp3) is 0.238. The van der Waals surface area contributed by atoms with E-state index in [9.17, 15) is 4.79 Å². The molecule has 0 N–H and O–H groups in total. The van der Waals surface area contributed by atoms with Gasteiger partial charge in [-0.25, -0.2) is 9.67 Å². The fourth-order valence-corrected chi connectivity index (χ4v) is 3.60. The lowest BCUT2D eigenvalue weighted by Gasteiger charge is -2.13. The van der Waals surface area contributed by atoms with Crippen LogP contribution >= 0.6 is 0 Å². The van der Waals surface area contributed by atoms with Crippen molar-refractivity contribution in [3.8, 4) is 5.69 Å². The van der Waals surface area contributed by atoms with Crippen LogP contribution in [0.5, 0.6) is 0 Å². The first kappa shape index (κ1) is 17.9. The number of aromatic nitrogens is 5. The molecule has 0 aliphatic carbocycles. The highest BCUT2D eigenvalue weighted by Crippen LogP contribution is 2.19. The molecule has 0 fully saturated rings. The molecule has 0 unspecified atom stereocenters. The Morgan fingerprint density at radius 1 is 1.14 bits per heavy atom. The van der Waals surface area contributed by atoms with E-state index >= 15 is 0 Å². The van der Waals surface area contributed by atoms with E-state index in [0.717, 1.165) is 16.9 Å². The van der Waals surface area contributed by atoms with Gasteiger partial charge < -0.3 is 4.57 Å². The van der Waals surface area contributed by atoms with Crippen LogP contribution in [0, 0.1) is 13.8 Å². The van der Waals surface area contributed by atoms with Crippen molar-refractivity contribution >= 4 is 17.2 Å². The summed E-state index contributed by atoms with van der Waals surface area (Å²) in [7, 11) is 0. The summed E-state index contributed by atoms with van der Waals surface area (Å²) in [6.07, 6.45) is 4.68. The second-order valence-corrected chi connectivity index (χ2v) is 7.06. The van der Waals surface area contributed by atoms with Crippen LogP contribution in [-0.4, -0.2) is 30.2 Å². The summed E-state index contributed by atoms with van der Waals surface area (Å²) in [5.41, 5.74) is 4.39. The van der Waals surface area contributed by atoms with Gasteiger partial charge in [0.1, 0.15) is 11.7 Å². The van der Waals surface area contributed by atoms with E-state index < -0.39 is 0 Å². The van der Waals surface area contributed by atoms with Gasteiger partial charge in [0, 0.05) is 23.0 Å². The minimum atomic E-state index is -0.249. The van der Waals surface area contributed by atoms with Crippen molar-refractivity contribution in [3.05, 3.63) is 76.2 Å². The van der Waals surface area contributed by atoms with Gasteiger partial charge in [-0.3, -0.25) is 4.79 Å².